The third-order valence-corrected chi connectivity index (χ3v) is 3.92. The summed E-state index contributed by atoms with van der Waals surface area (Å²) in [5.74, 6) is 1.32. The zero-order chi connectivity index (χ0) is 16.4. The van der Waals surface area contributed by atoms with Crippen molar-refractivity contribution in [1.29, 1.82) is 0 Å². The van der Waals surface area contributed by atoms with Crippen LogP contribution in [0.1, 0.15) is 60.7 Å². The molecule has 0 radical (unpaired) electrons. The second-order valence-corrected chi connectivity index (χ2v) is 6.03. The van der Waals surface area contributed by atoms with Gasteiger partial charge < -0.3 is 14.4 Å². The molecule has 2 aromatic heterocycles. The van der Waals surface area contributed by atoms with E-state index in [1.807, 2.05) is 13.8 Å². The molecule has 23 heavy (non-hydrogen) atoms. The second-order valence-electron chi connectivity index (χ2n) is 6.03. The first-order valence-corrected chi connectivity index (χ1v) is 7.72. The first-order valence-electron chi connectivity index (χ1n) is 7.72. The van der Waals surface area contributed by atoms with Gasteiger partial charge in [-0.1, -0.05) is 19.0 Å². The van der Waals surface area contributed by atoms with E-state index in [1.54, 1.807) is 4.90 Å². The fraction of sp³-hybridized carbons (Fsp3) is 0.533. The fourth-order valence-electron chi connectivity index (χ4n) is 2.63. The molecule has 0 aliphatic carbocycles. The molecule has 0 bridgehead atoms. The Morgan fingerprint density at radius 1 is 1.48 bits per heavy atom. The predicted molar refractivity (Wildman–Crippen MR) is 81.1 cm³/mol. The lowest BCUT2D eigenvalue weighted by Crippen LogP contribution is -2.39. The lowest BCUT2D eigenvalue weighted by molar-refractivity contribution is 0.0689. The topological polar surface area (TPSA) is 105 Å². The molecule has 0 aromatic carbocycles. The summed E-state index contributed by atoms with van der Waals surface area (Å²) in [5, 5.41) is 3.99. The molecule has 1 aliphatic rings. The first-order chi connectivity index (χ1) is 11.0. The lowest BCUT2D eigenvalue weighted by atomic mass is 9.97. The molecule has 0 unspecified atom stereocenters. The molecule has 2 aromatic rings. The summed E-state index contributed by atoms with van der Waals surface area (Å²) >= 11 is 0. The van der Waals surface area contributed by atoms with Crippen LogP contribution in [0.2, 0.25) is 0 Å². The summed E-state index contributed by atoms with van der Waals surface area (Å²) in [6.45, 7) is 5.18. The predicted octanol–water partition coefficient (Wildman–Crippen LogP) is 1.30. The van der Waals surface area contributed by atoms with Crippen molar-refractivity contribution < 1.29 is 9.32 Å². The van der Waals surface area contributed by atoms with Gasteiger partial charge in [0.2, 0.25) is 5.89 Å². The molecule has 1 N–H and O–H groups in total. The number of piperidine rings is 1. The largest absolute Gasteiger partial charge is 0.339 e. The molecular weight excluding hydrogens is 298 g/mol. The van der Waals surface area contributed by atoms with Crippen molar-refractivity contribution in [2.24, 2.45) is 0 Å². The number of carbonyl (C=O) groups excluding carboxylic acids is 1. The fourth-order valence-corrected chi connectivity index (χ4v) is 2.63. The Morgan fingerprint density at radius 2 is 2.30 bits per heavy atom. The smallest absolute Gasteiger partial charge is 0.273 e. The number of hydrogen-bond donors (Lipinski definition) is 1. The quantitative estimate of drug-likeness (QED) is 0.914. The minimum atomic E-state index is -0.329. The molecule has 1 aliphatic heterocycles. The molecule has 8 nitrogen and oxygen atoms in total. The van der Waals surface area contributed by atoms with Crippen LogP contribution in [0.25, 0.3) is 0 Å². The van der Waals surface area contributed by atoms with Crippen LogP contribution in [-0.4, -0.2) is 44.0 Å². The normalized spacial score (nSPS) is 18.4. The van der Waals surface area contributed by atoms with Crippen LogP contribution in [0.4, 0.5) is 0 Å². The number of likely N-dealkylation sites (tertiary alicyclic amines) is 1. The van der Waals surface area contributed by atoms with Gasteiger partial charge in [-0.15, -0.1) is 0 Å². The highest BCUT2D eigenvalue weighted by molar-refractivity contribution is 5.92. The highest BCUT2D eigenvalue weighted by atomic mass is 16.5. The monoisotopic (exact) mass is 317 g/mol. The van der Waals surface area contributed by atoms with Crippen LogP contribution in [0, 0.1) is 0 Å². The van der Waals surface area contributed by atoms with Crippen molar-refractivity contribution in [2.75, 3.05) is 13.1 Å². The van der Waals surface area contributed by atoms with Gasteiger partial charge in [0.1, 0.15) is 5.69 Å². The third-order valence-electron chi connectivity index (χ3n) is 3.92. The Balaban J connectivity index is 1.73. The molecule has 0 saturated carbocycles. The van der Waals surface area contributed by atoms with E-state index in [-0.39, 0.29) is 29.0 Å². The van der Waals surface area contributed by atoms with Gasteiger partial charge in [-0.2, -0.15) is 4.98 Å². The van der Waals surface area contributed by atoms with E-state index in [2.05, 4.69) is 20.1 Å². The van der Waals surface area contributed by atoms with Crippen LogP contribution in [0.5, 0.6) is 0 Å². The first kappa shape index (κ1) is 15.4. The molecule has 122 valence electrons. The Bertz CT molecular complexity index is 731. The molecular formula is C15H19N5O3. The van der Waals surface area contributed by atoms with Gasteiger partial charge in [-0.25, -0.2) is 4.98 Å². The van der Waals surface area contributed by atoms with Crippen molar-refractivity contribution in [1.82, 2.24) is 25.0 Å². The van der Waals surface area contributed by atoms with Crippen molar-refractivity contribution in [3.05, 3.63) is 40.2 Å². The summed E-state index contributed by atoms with van der Waals surface area (Å²) in [7, 11) is 0. The number of aromatic nitrogens is 4. The van der Waals surface area contributed by atoms with Gasteiger partial charge in [0, 0.05) is 25.2 Å². The van der Waals surface area contributed by atoms with E-state index in [0.717, 1.165) is 19.0 Å². The summed E-state index contributed by atoms with van der Waals surface area (Å²) < 4.78 is 5.35. The molecule has 1 saturated heterocycles. The third kappa shape index (κ3) is 3.30. The molecule has 1 amide bonds. The highest BCUT2D eigenvalue weighted by Crippen LogP contribution is 2.27. The number of H-pyrrole nitrogens is 1. The van der Waals surface area contributed by atoms with Gasteiger partial charge in [-0.3, -0.25) is 9.59 Å². The molecule has 8 heteroatoms. The van der Waals surface area contributed by atoms with Crippen LogP contribution < -0.4 is 5.56 Å². The number of aromatic amines is 1. The van der Waals surface area contributed by atoms with E-state index in [1.165, 1.54) is 6.20 Å². The zero-order valence-corrected chi connectivity index (χ0v) is 13.2. The lowest BCUT2D eigenvalue weighted by Gasteiger charge is -2.30. The number of carbonyl (C=O) groups is 1. The van der Waals surface area contributed by atoms with E-state index in [0.29, 0.717) is 24.8 Å². The number of rotatable bonds is 3. The second kappa shape index (κ2) is 6.31. The Labute approximate surface area is 132 Å². The zero-order valence-electron chi connectivity index (χ0n) is 13.2. The average Bonchev–Trinajstić information content (AvgIpc) is 3.05. The molecule has 3 heterocycles. The van der Waals surface area contributed by atoms with Crippen molar-refractivity contribution in [2.45, 2.75) is 38.5 Å². The van der Waals surface area contributed by atoms with Gasteiger partial charge in [0.25, 0.3) is 11.5 Å². The molecule has 0 spiro atoms. The average molecular weight is 317 g/mol. The van der Waals surface area contributed by atoms with E-state index >= 15 is 0 Å². The Morgan fingerprint density at radius 3 is 2.96 bits per heavy atom. The summed E-state index contributed by atoms with van der Waals surface area (Å²) in [6, 6.07) is 0. The van der Waals surface area contributed by atoms with Gasteiger partial charge in [-0.05, 0) is 12.8 Å². The minimum Gasteiger partial charge on any atom is -0.339 e. The highest BCUT2D eigenvalue weighted by Gasteiger charge is 2.29. The number of nitrogens with one attached hydrogen (secondary N) is 1. The molecule has 1 atom stereocenters. The summed E-state index contributed by atoms with van der Waals surface area (Å²) in [4.78, 5) is 36.0. The van der Waals surface area contributed by atoms with Crippen molar-refractivity contribution in [3.63, 3.8) is 0 Å². The van der Waals surface area contributed by atoms with E-state index in [4.69, 9.17) is 4.52 Å². The summed E-state index contributed by atoms with van der Waals surface area (Å²) in [6.07, 6.45) is 4.22. The van der Waals surface area contributed by atoms with Gasteiger partial charge in [0.15, 0.2) is 5.82 Å². The van der Waals surface area contributed by atoms with Gasteiger partial charge >= 0.3 is 0 Å². The Kier molecular flexibility index (Phi) is 4.22. The van der Waals surface area contributed by atoms with Crippen LogP contribution in [-0.2, 0) is 0 Å². The van der Waals surface area contributed by atoms with Crippen molar-refractivity contribution in [3.8, 4) is 0 Å². The number of hydrogen-bond acceptors (Lipinski definition) is 6. The summed E-state index contributed by atoms with van der Waals surface area (Å²) in [5.41, 5.74) is -0.0937. The maximum absolute atomic E-state index is 12.5. The van der Waals surface area contributed by atoms with Crippen LogP contribution in [0.15, 0.2) is 21.7 Å². The SMILES string of the molecule is CC(C)c1noc([C@@H]2CCCN(C(=O)c3c[nH]c(=O)cn3)C2)n1. The number of amides is 1. The molecule has 3 rings (SSSR count). The molecule has 1 fully saturated rings. The van der Waals surface area contributed by atoms with Crippen LogP contribution >= 0.6 is 0 Å². The minimum absolute atomic E-state index is 0.0375. The Hall–Kier alpha value is -2.51. The standard InChI is InChI=1S/C15H19N5O3/c1-9(2)13-18-14(23-19-13)10-4-3-5-20(8-10)15(22)11-6-17-12(21)7-16-11/h6-7,9-10H,3-5,8H2,1-2H3,(H,17,21)/t10-/m1/s1. The number of nitrogens with zero attached hydrogens (tertiary/aromatic N) is 4. The van der Waals surface area contributed by atoms with Crippen molar-refractivity contribution >= 4 is 5.91 Å². The van der Waals surface area contributed by atoms with Gasteiger partial charge in [0.05, 0.1) is 12.1 Å². The maximum atomic E-state index is 12.5. The van der Waals surface area contributed by atoms with Crippen LogP contribution in [0.3, 0.4) is 0 Å². The maximum Gasteiger partial charge on any atom is 0.273 e. The van der Waals surface area contributed by atoms with E-state index < -0.39 is 0 Å². The van der Waals surface area contributed by atoms with E-state index in [9.17, 15) is 9.59 Å².